The highest BCUT2D eigenvalue weighted by molar-refractivity contribution is 9.10. The van der Waals surface area contributed by atoms with Crippen LogP contribution in [0.1, 0.15) is 24.4 Å². The molecule has 1 atom stereocenters. The third-order valence-electron chi connectivity index (χ3n) is 2.39. The van der Waals surface area contributed by atoms with E-state index in [-0.39, 0.29) is 11.9 Å². The van der Waals surface area contributed by atoms with Gasteiger partial charge >= 0.3 is 0 Å². The molecule has 0 spiro atoms. The molecule has 1 aromatic carbocycles. The van der Waals surface area contributed by atoms with Gasteiger partial charge in [-0.05, 0) is 37.6 Å². The Hall–Kier alpha value is -0.410. The Morgan fingerprint density at radius 1 is 1.46 bits per heavy atom. The van der Waals surface area contributed by atoms with E-state index in [2.05, 4.69) is 21.2 Å². The second-order valence-corrected chi connectivity index (χ2v) is 4.23. The Kier molecular flexibility index (Phi) is 2.65. The second-order valence-electron chi connectivity index (χ2n) is 3.31. The van der Waals surface area contributed by atoms with Crippen molar-refractivity contribution in [2.75, 3.05) is 6.54 Å². The van der Waals surface area contributed by atoms with Gasteiger partial charge in [-0.1, -0.05) is 15.9 Å². The molecule has 3 heteroatoms. The van der Waals surface area contributed by atoms with Gasteiger partial charge in [0.05, 0.1) is 0 Å². The molecule has 1 aliphatic rings. The number of rotatable bonds is 1. The van der Waals surface area contributed by atoms with Crippen LogP contribution in [0.15, 0.2) is 22.7 Å². The minimum Gasteiger partial charge on any atom is -0.310 e. The molecule has 0 saturated carbocycles. The Morgan fingerprint density at radius 2 is 2.31 bits per heavy atom. The molecule has 1 saturated heterocycles. The van der Waals surface area contributed by atoms with Gasteiger partial charge in [-0.25, -0.2) is 4.39 Å². The first-order valence-corrected chi connectivity index (χ1v) is 5.25. The van der Waals surface area contributed by atoms with Crippen molar-refractivity contribution in [3.8, 4) is 0 Å². The van der Waals surface area contributed by atoms with E-state index in [4.69, 9.17) is 0 Å². The molecule has 2 rings (SSSR count). The predicted octanol–water partition coefficient (Wildman–Crippen LogP) is 3.01. The Balaban J connectivity index is 2.32. The molecule has 0 radical (unpaired) electrons. The summed E-state index contributed by atoms with van der Waals surface area (Å²) < 4.78 is 14.3. The SMILES string of the molecule is Fc1ccc(Br)cc1[C@@H]1CCCN1. The molecule has 1 heterocycles. The van der Waals surface area contributed by atoms with E-state index in [0.29, 0.717) is 0 Å². The van der Waals surface area contributed by atoms with Crippen molar-refractivity contribution in [2.45, 2.75) is 18.9 Å². The molecule has 1 fully saturated rings. The van der Waals surface area contributed by atoms with E-state index >= 15 is 0 Å². The third kappa shape index (κ3) is 1.92. The largest absolute Gasteiger partial charge is 0.310 e. The van der Waals surface area contributed by atoms with Crippen LogP contribution in [0.3, 0.4) is 0 Å². The van der Waals surface area contributed by atoms with Crippen molar-refractivity contribution in [1.29, 1.82) is 0 Å². The summed E-state index contributed by atoms with van der Waals surface area (Å²) in [5.41, 5.74) is 0.784. The molecule has 1 aromatic rings. The summed E-state index contributed by atoms with van der Waals surface area (Å²) in [4.78, 5) is 0. The fourth-order valence-electron chi connectivity index (χ4n) is 1.73. The Labute approximate surface area is 85.5 Å². The van der Waals surface area contributed by atoms with Crippen LogP contribution >= 0.6 is 15.9 Å². The van der Waals surface area contributed by atoms with Crippen molar-refractivity contribution in [1.82, 2.24) is 5.32 Å². The lowest BCUT2D eigenvalue weighted by Crippen LogP contribution is -2.14. The van der Waals surface area contributed by atoms with E-state index in [1.165, 1.54) is 6.07 Å². The van der Waals surface area contributed by atoms with Crippen LogP contribution in [-0.4, -0.2) is 6.54 Å². The molecule has 13 heavy (non-hydrogen) atoms. The summed E-state index contributed by atoms with van der Waals surface area (Å²) in [5, 5.41) is 3.28. The highest BCUT2D eigenvalue weighted by Gasteiger charge is 2.19. The van der Waals surface area contributed by atoms with Gasteiger partial charge in [0.15, 0.2) is 0 Å². The first kappa shape index (κ1) is 9.16. The molecule has 0 bridgehead atoms. The molecule has 0 unspecified atom stereocenters. The van der Waals surface area contributed by atoms with Crippen LogP contribution in [0, 0.1) is 5.82 Å². The molecule has 0 aliphatic carbocycles. The third-order valence-corrected chi connectivity index (χ3v) is 2.89. The molecule has 1 nitrogen and oxygen atoms in total. The Bertz CT molecular complexity index is 308. The second kappa shape index (κ2) is 3.76. The van der Waals surface area contributed by atoms with E-state index in [1.54, 1.807) is 6.07 Å². The van der Waals surface area contributed by atoms with Crippen LogP contribution < -0.4 is 5.32 Å². The van der Waals surface area contributed by atoms with Gasteiger partial charge in [0.1, 0.15) is 5.82 Å². The molecule has 1 N–H and O–H groups in total. The molecular weight excluding hydrogens is 233 g/mol. The fraction of sp³-hybridized carbons (Fsp3) is 0.400. The minimum absolute atomic E-state index is 0.109. The lowest BCUT2D eigenvalue weighted by atomic mass is 10.1. The normalized spacial score (nSPS) is 22.2. The summed E-state index contributed by atoms with van der Waals surface area (Å²) >= 11 is 3.35. The highest BCUT2D eigenvalue weighted by Crippen LogP contribution is 2.27. The summed E-state index contributed by atoms with van der Waals surface area (Å²) in [6.07, 6.45) is 2.17. The average Bonchev–Trinajstić information content (AvgIpc) is 2.61. The van der Waals surface area contributed by atoms with Crippen molar-refractivity contribution < 1.29 is 4.39 Å². The van der Waals surface area contributed by atoms with Gasteiger partial charge in [0, 0.05) is 16.1 Å². The first-order valence-electron chi connectivity index (χ1n) is 4.46. The topological polar surface area (TPSA) is 12.0 Å². The zero-order valence-corrected chi connectivity index (χ0v) is 8.77. The van der Waals surface area contributed by atoms with Gasteiger partial charge in [-0.3, -0.25) is 0 Å². The molecular formula is C10H11BrFN. The van der Waals surface area contributed by atoms with Crippen LogP contribution in [0.2, 0.25) is 0 Å². The zero-order valence-electron chi connectivity index (χ0n) is 7.19. The van der Waals surface area contributed by atoms with Crippen molar-refractivity contribution in [2.24, 2.45) is 0 Å². The lowest BCUT2D eigenvalue weighted by Gasteiger charge is -2.11. The maximum absolute atomic E-state index is 13.4. The number of nitrogens with one attached hydrogen (secondary N) is 1. The monoisotopic (exact) mass is 243 g/mol. The molecule has 0 aromatic heterocycles. The quantitative estimate of drug-likeness (QED) is 0.800. The first-order chi connectivity index (χ1) is 6.27. The summed E-state index contributed by atoms with van der Waals surface area (Å²) in [7, 11) is 0. The lowest BCUT2D eigenvalue weighted by molar-refractivity contribution is 0.558. The smallest absolute Gasteiger partial charge is 0.128 e. The van der Waals surface area contributed by atoms with Crippen LogP contribution in [0.25, 0.3) is 0 Å². The minimum atomic E-state index is -0.109. The van der Waals surface area contributed by atoms with Crippen LogP contribution in [-0.2, 0) is 0 Å². The average molecular weight is 244 g/mol. The number of hydrogen-bond acceptors (Lipinski definition) is 1. The van der Waals surface area contributed by atoms with Gasteiger partial charge < -0.3 is 5.32 Å². The van der Waals surface area contributed by atoms with Crippen molar-refractivity contribution >= 4 is 15.9 Å². The van der Waals surface area contributed by atoms with Crippen LogP contribution in [0.4, 0.5) is 4.39 Å². The predicted molar refractivity (Wildman–Crippen MR) is 54.1 cm³/mol. The van der Waals surface area contributed by atoms with Crippen molar-refractivity contribution in [3.63, 3.8) is 0 Å². The van der Waals surface area contributed by atoms with E-state index < -0.39 is 0 Å². The number of benzene rings is 1. The Morgan fingerprint density at radius 3 is 3.00 bits per heavy atom. The summed E-state index contributed by atoms with van der Waals surface area (Å²) in [6.45, 7) is 0.997. The molecule has 1 aliphatic heterocycles. The standard InChI is InChI=1S/C10H11BrFN/c11-7-3-4-9(12)8(6-7)10-2-1-5-13-10/h3-4,6,10,13H,1-2,5H2/t10-/m0/s1. The summed E-state index contributed by atoms with van der Waals surface area (Å²) in [6, 6.07) is 5.31. The zero-order chi connectivity index (χ0) is 9.26. The van der Waals surface area contributed by atoms with Crippen LogP contribution in [0.5, 0.6) is 0 Å². The molecule has 0 amide bonds. The van der Waals surface area contributed by atoms with Gasteiger partial charge in [0.25, 0.3) is 0 Å². The van der Waals surface area contributed by atoms with E-state index in [9.17, 15) is 4.39 Å². The number of hydrogen-bond donors (Lipinski definition) is 1. The number of halogens is 2. The van der Waals surface area contributed by atoms with E-state index in [1.807, 2.05) is 6.07 Å². The van der Waals surface area contributed by atoms with Gasteiger partial charge in [0.2, 0.25) is 0 Å². The molecule has 70 valence electrons. The van der Waals surface area contributed by atoms with Gasteiger partial charge in [-0.2, -0.15) is 0 Å². The maximum Gasteiger partial charge on any atom is 0.128 e. The van der Waals surface area contributed by atoms with Crippen molar-refractivity contribution in [3.05, 3.63) is 34.1 Å². The van der Waals surface area contributed by atoms with E-state index in [0.717, 1.165) is 29.4 Å². The highest BCUT2D eigenvalue weighted by atomic mass is 79.9. The van der Waals surface area contributed by atoms with Gasteiger partial charge in [-0.15, -0.1) is 0 Å². The summed E-state index contributed by atoms with van der Waals surface area (Å²) in [5.74, 6) is -0.109. The maximum atomic E-state index is 13.4. The fourth-order valence-corrected chi connectivity index (χ4v) is 2.11.